The molecule has 32 heavy (non-hydrogen) atoms. The number of hydrogen-bond donors (Lipinski definition) is 1. The molecule has 2 nitrogen and oxygen atoms in total. The van der Waals surface area contributed by atoms with Crippen LogP contribution in [-0.4, -0.2) is 11.1 Å². The molecule has 0 rings (SSSR count). The third-order valence-electron chi connectivity index (χ3n) is 6.08. The summed E-state index contributed by atoms with van der Waals surface area (Å²) in [6.07, 6.45) is 33.2. The van der Waals surface area contributed by atoms with Crippen LogP contribution in [0.3, 0.4) is 0 Å². The van der Waals surface area contributed by atoms with Crippen LogP contribution in [0.25, 0.3) is 0 Å². The number of hydrogen-bond acceptors (Lipinski definition) is 1. The molecule has 0 fully saturated rings. The van der Waals surface area contributed by atoms with E-state index in [2.05, 4.69) is 48.0 Å². The molecule has 0 atom stereocenters. The van der Waals surface area contributed by atoms with Gasteiger partial charge in [0.2, 0.25) is 0 Å². The molecular formula is C29H53BrO2. The van der Waals surface area contributed by atoms with Crippen molar-refractivity contribution in [3.63, 3.8) is 0 Å². The highest BCUT2D eigenvalue weighted by Crippen LogP contribution is 2.17. The van der Waals surface area contributed by atoms with E-state index in [1.54, 1.807) is 0 Å². The number of unbranched alkanes of at least 4 members (excludes halogenated alkanes) is 15. The van der Waals surface area contributed by atoms with Crippen molar-refractivity contribution in [3.8, 4) is 0 Å². The van der Waals surface area contributed by atoms with Crippen LogP contribution in [-0.2, 0) is 4.79 Å². The molecule has 3 heteroatoms. The summed E-state index contributed by atoms with van der Waals surface area (Å²) in [6.45, 7) is 4.66. The average Bonchev–Trinajstić information content (AvgIpc) is 2.75. The van der Waals surface area contributed by atoms with E-state index in [9.17, 15) is 4.79 Å². The van der Waals surface area contributed by atoms with Crippen LogP contribution in [0, 0.1) is 5.92 Å². The minimum Gasteiger partial charge on any atom is -0.481 e. The molecule has 0 spiro atoms. The first kappa shape index (κ1) is 31.4. The summed E-state index contributed by atoms with van der Waals surface area (Å²) in [4.78, 5) is 10.5. The number of halogens is 1. The fourth-order valence-electron chi connectivity index (χ4n) is 4.01. The van der Waals surface area contributed by atoms with E-state index in [-0.39, 0.29) is 6.42 Å². The topological polar surface area (TPSA) is 37.3 Å². The van der Waals surface area contributed by atoms with Crippen LogP contribution in [0.2, 0.25) is 0 Å². The first-order chi connectivity index (χ1) is 15.5. The summed E-state index contributed by atoms with van der Waals surface area (Å²) >= 11 is 3.58. The van der Waals surface area contributed by atoms with Crippen LogP contribution >= 0.6 is 15.9 Å². The summed E-state index contributed by atoms with van der Waals surface area (Å²) in [6, 6.07) is 0. The minimum atomic E-state index is -0.707. The predicted octanol–water partition coefficient (Wildman–Crippen LogP) is 10.8. The highest BCUT2D eigenvalue weighted by molar-refractivity contribution is 9.11. The minimum absolute atomic E-state index is 0.259. The van der Waals surface area contributed by atoms with Gasteiger partial charge < -0.3 is 5.11 Å². The van der Waals surface area contributed by atoms with E-state index in [1.165, 1.54) is 107 Å². The van der Waals surface area contributed by atoms with Gasteiger partial charge in [0, 0.05) is 6.42 Å². The van der Waals surface area contributed by atoms with Crippen molar-refractivity contribution < 1.29 is 9.90 Å². The Kier molecular flexibility index (Phi) is 24.6. The molecule has 0 heterocycles. The fraction of sp³-hybridized carbons (Fsp3) is 0.828. The van der Waals surface area contributed by atoms with Crippen molar-refractivity contribution in [2.45, 2.75) is 149 Å². The van der Waals surface area contributed by atoms with E-state index in [1.807, 2.05) is 0 Å². The van der Waals surface area contributed by atoms with Gasteiger partial charge in [0.05, 0.1) is 0 Å². The molecule has 0 aliphatic rings. The largest absolute Gasteiger partial charge is 0.481 e. The lowest BCUT2D eigenvalue weighted by atomic mass is 10.0. The van der Waals surface area contributed by atoms with Gasteiger partial charge in [0.15, 0.2) is 0 Å². The Balaban J connectivity index is 3.24. The van der Waals surface area contributed by atoms with Gasteiger partial charge in [-0.05, 0) is 48.9 Å². The molecule has 0 bridgehead atoms. The molecule has 0 aliphatic carbocycles. The SMILES string of the molecule is CC(C)CCCCCCCCCCCCCCCC/C=C\CC/C(Br)=C\CCCC(=O)O. The molecule has 0 aromatic carbocycles. The molecule has 188 valence electrons. The van der Waals surface area contributed by atoms with E-state index in [0.717, 1.165) is 31.6 Å². The second-order valence-corrected chi connectivity index (χ2v) is 10.9. The van der Waals surface area contributed by atoms with Crippen molar-refractivity contribution in [3.05, 3.63) is 22.7 Å². The van der Waals surface area contributed by atoms with E-state index in [0.29, 0.717) is 0 Å². The van der Waals surface area contributed by atoms with Crippen LogP contribution in [0.4, 0.5) is 0 Å². The van der Waals surface area contributed by atoms with E-state index < -0.39 is 5.97 Å². The van der Waals surface area contributed by atoms with Gasteiger partial charge in [-0.2, -0.15) is 0 Å². The van der Waals surface area contributed by atoms with Crippen molar-refractivity contribution in [1.82, 2.24) is 0 Å². The molecule has 0 aliphatic heterocycles. The standard InChI is InChI=1S/C29H53BrO2/c1-27(2)23-19-17-15-13-11-9-7-5-3-4-6-8-10-12-14-16-18-20-24-28(30)25-21-22-26-29(31)32/h16,18,25,27H,3-15,17,19-24,26H2,1-2H3,(H,31,32)/b18-16-,28-25+. The fourth-order valence-corrected chi connectivity index (χ4v) is 4.46. The highest BCUT2D eigenvalue weighted by Gasteiger charge is 1.97. The van der Waals surface area contributed by atoms with Gasteiger partial charge in [-0.1, -0.05) is 138 Å². The number of rotatable bonds is 24. The molecule has 1 N–H and O–H groups in total. The van der Waals surface area contributed by atoms with Crippen molar-refractivity contribution >= 4 is 21.9 Å². The Hall–Kier alpha value is -0.570. The van der Waals surface area contributed by atoms with Crippen LogP contribution in [0.15, 0.2) is 22.7 Å². The van der Waals surface area contributed by atoms with Gasteiger partial charge in [0.25, 0.3) is 0 Å². The third kappa shape index (κ3) is 27.5. The number of carboxylic acid groups (broad SMARTS) is 1. The Bertz CT molecular complexity index is 468. The monoisotopic (exact) mass is 512 g/mol. The molecule has 0 unspecified atom stereocenters. The summed E-state index contributed by atoms with van der Waals surface area (Å²) < 4.78 is 1.20. The Morgan fingerprint density at radius 3 is 1.62 bits per heavy atom. The lowest BCUT2D eigenvalue weighted by Crippen LogP contribution is -1.92. The highest BCUT2D eigenvalue weighted by atomic mass is 79.9. The van der Waals surface area contributed by atoms with Crippen molar-refractivity contribution in [2.75, 3.05) is 0 Å². The molecule has 0 saturated carbocycles. The van der Waals surface area contributed by atoms with E-state index >= 15 is 0 Å². The zero-order valence-electron chi connectivity index (χ0n) is 21.4. The number of aliphatic carboxylic acids is 1. The lowest BCUT2D eigenvalue weighted by Gasteiger charge is -2.05. The third-order valence-corrected chi connectivity index (χ3v) is 6.80. The first-order valence-corrected chi connectivity index (χ1v) is 14.5. The lowest BCUT2D eigenvalue weighted by molar-refractivity contribution is -0.137. The molecule has 0 amide bonds. The van der Waals surface area contributed by atoms with Gasteiger partial charge in [0.1, 0.15) is 0 Å². The zero-order valence-corrected chi connectivity index (χ0v) is 23.0. The second-order valence-electron chi connectivity index (χ2n) is 9.87. The smallest absolute Gasteiger partial charge is 0.303 e. The molecule has 0 aromatic heterocycles. The maximum Gasteiger partial charge on any atom is 0.303 e. The van der Waals surface area contributed by atoms with Crippen molar-refractivity contribution in [1.29, 1.82) is 0 Å². The number of carbonyl (C=O) groups is 1. The first-order valence-electron chi connectivity index (χ1n) is 13.7. The van der Waals surface area contributed by atoms with Crippen LogP contribution in [0.5, 0.6) is 0 Å². The Labute approximate surface area is 208 Å². The van der Waals surface area contributed by atoms with Crippen LogP contribution < -0.4 is 0 Å². The second kappa shape index (κ2) is 25.1. The summed E-state index contributed by atoms with van der Waals surface area (Å²) in [5, 5.41) is 8.63. The number of carboxylic acids is 1. The van der Waals surface area contributed by atoms with Gasteiger partial charge >= 0.3 is 5.97 Å². The van der Waals surface area contributed by atoms with Gasteiger partial charge in [-0.15, -0.1) is 0 Å². The van der Waals surface area contributed by atoms with Crippen molar-refractivity contribution in [2.24, 2.45) is 5.92 Å². The molecule has 0 radical (unpaired) electrons. The van der Waals surface area contributed by atoms with Crippen LogP contribution in [0.1, 0.15) is 149 Å². The predicted molar refractivity (Wildman–Crippen MR) is 146 cm³/mol. The summed E-state index contributed by atoms with van der Waals surface area (Å²) in [5.41, 5.74) is 0. The molecule has 0 saturated heterocycles. The quantitative estimate of drug-likeness (QED) is 0.103. The molecule has 0 aromatic rings. The Morgan fingerprint density at radius 1 is 0.656 bits per heavy atom. The maximum absolute atomic E-state index is 10.5. The van der Waals surface area contributed by atoms with E-state index in [4.69, 9.17) is 5.11 Å². The van der Waals surface area contributed by atoms with Gasteiger partial charge in [-0.3, -0.25) is 4.79 Å². The summed E-state index contributed by atoms with van der Waals surface area (Å²) in [7, 11) is 0. The maximum atomic E-state index is 10.5. The average molecular weight is 514 g/mol. The van der Waals surface area contributed by atoms with Gasteiger partial charge in [-0.25, -0.2) is 0 Å². The summed E-state index contributed by atoms with van der Waals surface area (Å²) in [5.74, 6) is 0.171. The normalized spacial score (nSPS) is 12.3. The number of allylic oxidation sites excluding steroid dienone is 4. The zero-order chi connectivity index (χ0) is 23.7. The molecular weight excluding hydrogens is 460 g/mol. The Morgan fingerprint density at radius 2 is 1.12 bits per heavy atom.